The fraction of sp³-hybridized carbons (Fsp3) is 0.125. The van der Waals surface area contributed by atoms with Crippen LogP contribution in [-0.4, -0.2) is 34.6 Å². The zero-order chi connectivity index (χ0) is 26.0. The van der Waals surface area contributed by atoms with Gasteiger partial charge >= 0.3 is 12.1 Å². The first-order chi connectivity index (χ1) is 17.1. The molecule has 0 unspecified atom stereocenters. The van der Waals surface area contributed by atoms with Crippen molar-refractivity contribution in [3.05, 3.63) is 89.5 Å². The number of nitrogens with one attached hydrogen (secondary N) is 2. The number of carbonyl (C=O) groups excluding carboxylic acids is 2. The van der Waals surface area contributed by atoms with Gasteiger partial charge in [-0.15, -0.1) is 0 Å². The van der Waals surface area contributed by atoms with Crippen LogP contribution in [0, 0.1) is 5.82 Å². The van der Waals surface area contributed by atoms with E-state index >= 15 is 0 Å². The number of anilines is 1. The topological polar surface area (TPSA) is 87.5 Å². The van der Waals surface area contributed by atoms with Crippen LogP contribution in [0.3, 0.4) is 0 Å². The van der Waals surface area contributed by atoms with Crippen LogP contribution >= 0.6 is 12.6 Å². The third-order valence-electron chi connectivity index (χ3n) is 5.24. The van der Waals surface area contributed by atoms with Crippen LogP contribution in [0.1, 0.15) is 26.4 Å². The van der Waals surface area contributed by atoms with Crippen LogP contribution in [-0.2, 0) is 6.18 Å². The van der Waals surface area contributed by atoms with Gasteiger partial charge in [-0.25, -0.2) is 4.39 Å². The van der Waals surface area contributed by atoms with Crippen LogP contribution in [0.4, 0.5) is 23.2 Å². The molecular weight excluding hydrogens is 500 g/mol. The second kappa shape index (κ2) is 9.99. The Hall–Kier alpha value is -3.90. The molecule has 36 heavy (non-hydrogen) atoms. The Balaban J connectivity index is 1.83. The highest BCUT2D eigenvalue weighted by Crippen LogP contribution is 2.31. The lowest BCUT2D eigenvalue weighted by atomic mass is 10.2. The summed E-state index contributed by atoms with van der Waals surface area (Å²) in [6, 6.07) is 12.4. The lowest BCUT2D eigenvalue weighted by Crippen LogP contribution is -2.32. The van der Waals surface area contributed by atoms with E-state index < -0.39 is 29.4 Å². The SMILES string of the molecule is O=C(NCCO)c1cc[n+]2c(C(=O)Nc3cccc(C(F)(F)F)c3)c(S)n(-c3ccc(F)cc3)c2c1. The number of rotatable bonds is 6. The fourth-order valence-corrected chi connectivity index (χ4v) is 4.03. The van der Waals surface area contributed by atoms with Crippen LogP contribution < -0.4 is 15.0 Å². The Kier molecular flexibility index (Phi) is 7.00. The van der Waals surface area contributed by atoms with Gasteiger partial charge in [-0.05, 0) is 48.5 Å². The number of imidazole rings is 1. The maximum atomic E-state index is 13.5. The number of benzene rings is 2. The Labute approximate surface area is 207 Å². The summed E-state index contributed by atoms with van der Waals surface area (Å²) in [5.74, 6) is -1.73. The first-order valence-corrected chi connectivity index (χ1v) is 11.0. The van der Waals surface area contributed by atoms with Gasteiger partial charge in [-0.1, -0.05) is 18.7 Å². The predicted octanol–water partition coefficient (Wildman–Crippen LogP) is 3.64. The summed E-state index contributed by atoms with van der Waals surface area (Å²) in [5, 5.41) is 14.0. The highest BCUT2D eigenvalue weighted by Gasteiger charge is 2.33. The molecule has 0 spiro atoms. The molecule has 4 aromatic rings. The normalized spacial score (nSPS) is 11.5. The van der Waals surface area contributed by atoms with E-state index in [2.05, 4.69) is 23.3 Å². The first-order valence-electron chi connectivity index (χ1n) is 10.5. The van der Waals surface area contributed by atoms with E-state index in [9.17, 15) is 27.2 Å². The second-order valence-corrected chi connectivity index (χ2v) is 8.06. The molecule has 2 amide bonds. The van der Waals surface area contributed by atoms with Crippen molar-refractivity contribution in [2.45, 2.75) is 11.2 Å². The highest BCUT2D eigenvalue weighted by atomic mass is 32.1. The van der Waals surface area contributed by atoms with Gasteiger partial charge < -0.3 is 15.7 Å². The number of aliphatic hydroxyl groups is 1. The Morgan fingerprint density at radius 2 is 1.75 bits per heavy atom. The van der Waals surface area contributed by atoms with E-state index in [0.29, 0.717) is 11.3 Å². The molecule has 0 radical (unpaired) electrons. The molecule has 4 rings (SSSR count). The van der Waals surface area contributed by atoms with Crippen LogP contribution in [0.25, 0.3) is 11.3 Å². The van der Waals surface area contributed by atoms with Crippen molar-refractivity contribution in [2.75, 3.05) is 18.5 Å². The first kappa shape index (κ1) is 25.2. The summed E-state index contributed by atoms with van der Waals surface area (Å²) in [7, 11) is 0. The van der Waals surface area contributed by atoms with Crippen molar-refractivity contribution in [3.8, 4) is 5.69 Å². The smallest absolute Gasteiger partial charge is 0.395 e. The summed E-state index contributed by atoms with van der Waals surface area (Å²) in [6.07, 6.45) is -3.15. The number of hydrogen-bond acceptors (Lipinski definition) is 4. The van der Waals surface area contributed by atoms with Crippen LogP contribution in [0.5, 0.6) is 0 Å². The van der Waals surface area contributed by atoms with Gasteiger partial charge in [-0.2, -0.15) is 22.1 Å². The number of amides is 2. The number of pyridine rings is 1. The summed E-state index contributed by atoms with van der Waals surface area (Å²) in [5.41, 5.74) is -0.0978. The average Bonchev–Trinajstić information content (AvgIpc) is 3.13. The minimum Gasteiger partial charge on any atom is -0.395 e. The molecule has 0 saturated heterocycles. The summed E-state index contributed by atoms with van der Waals surface area (Å²) in [4.78, 5) is 25.7. The van der Waals surface area contributed by atoms with Crippen molar-refractivity contribution in [2.24, 2.45) is 0 Å². The van der Waals surface area contributed by atoms with E-state index in [-0.39, 0.29) is 35.1 Å². The number of nitrogens with zero attached hydrogens (tertiary/aromatic N) is 2. The van der Waals surface area contributed by atoms with Gasteiger partial charge in [0.25, 0.3) is 17.2 Å². The highest BCUT2D eigenvalue weighted by molar-refractivity contribution is 7.80. The number of halogens is 4. The zero-order valence-electron chi connectivity index (χ0n) is 18.4. The Bertz CT molecular complexity index is 1450. The van der Waals surface area contributed by atoms with Crippen molar-refractivity contribution in [1.29, 1.82) is 0 Å². The fourth-order valence-electron chi connectivity index (χ4n) is 3.60. The van der Waals surface area contributed by atoms with Crippen molar-refractivity contribution >= 4 is 35.8 Å². The van der Waals surface area contributed by atoms with Gasteiger partial charge in [0.1, 0.15) is 11.5 Å². The van der Waals surface area contributed by atoms with Gasteiger partial charge in [0.05, 0.1) is 23.9 Å². The van der Waals surface area contributed by atoms with Crippen molar-refractivity contribution in [3.63, 3.8) is 0 Å². The molecule has 0 aliphatic heterocycles. The molecule has 0 bridgehead atoms. The second-order valence-electron chi connectivity index (χ2n) is 7.64. The molecule has 2 heterocycles. The lowest BCUT2D eigenvalue weighted by molar-refractivity contribution is -0.514. The Morgan fingerprint density at radius 3 is 2.42 bits per heavy atom. The Morgan fingerprint density at radius 1 is 1.03 bits per heavy atom. The predicted molar refractivity (Wildman–Crippen MR) is 125 cm³/mol. The van der Waals surface area contributed by atoms with E-state index in [0.717, 1.165) is 12.1 Å². The molecule has 3 N–H and O–H groups in total. The zero-order valence-corrected chi connectivity index (χ0v) is 19.3. The molecule has 0 saturated carbocycles. The standard InChI is InChI=1S/C24H18F4N4O3S/c25-16-4-6-18(7-5-16)32-19-12-14(21(34)29-9-11-33)8-10-31(19)20(23(32)36)22(35)30-17-3-1-2-15(13-17)24(26,27)28/h1-8,10,12-13,33H,9,11H2,(H2-,29,30,34,35,36)/p+1. The molecule has 2 aromatic heterocycles. The summed E-state index contributed by atoms with van der Waals surface area (Å²) >= 11 is 4.50. The van der Waals surface area contributed by atoms with Crippen molar-refractivity contribution < 1.29 is 36.7 Å². The van der Waals surface area contributed by atoms with Gasteiger partial charge in [0, 0.05) is 18.3 Å². The number of fused-ring (bicyclic) bond motifs is 1. The van der Waals surface area contributed by atoms with E-state index in [1.807, 2.05) is 0 Å². The summed E-state index contributed by atoms with van der Waals surface area (Å²) < 4.78 is 55.7. The largest absolute Gasteiger partial charge is 0.416 e. The molecular formula is C24H19F4N4O3S+. The van der Waals surface area contributed by atoms with Gasteiger partial charge in [-0.3, -0.25) is 9.59 Å². The number of hydrogen-bond donors (Lipinski definition) is 4. The molecule has 0 atom stereocenters. The van der Waals surface area contributed by atoms with E-state index in [1.54, 1.807) is 0 Å². The molecule has 2 aromatic carbocycles. The number of alkyl halides is 3. The molecule has 0 aliphatic carbocycles. The lowest BCUT2D eigenvalue weighted by Gasteiger charge is -2.09. The third-order valence-corrected chi connectivity index (χ3v) is 5.65. The van der Waals surface area contributed by atoms with Crippen LogP contribution in [0.15, 0.2) is 71.9 Å². The van der Waals surface area contributed by atoms with E-state index in [1.165, 1.54) is 63.7 Å². The number of thiol groups is 1. The van der Waals surface area contributed by atoms with Gasteiger partial charge in [0.15, 0.2) is 0 Å². The quantitative estimate of drug-likeness (QED) is 0.178. The minimum absolute atomic E-state index is 0.0302. The maximum Gasteiger partial charge on any atom is 0.416 e. The molecule has 7 nitrogen and oxygen atoms in total. The average molecular weight is 520 g/mol. The maximum absolute atomic E-state index is 13.5. The molecule has 0 aliphatic rings. The summed E-state index contributed by atoms with van der Waals surface area (Å²) in [6.45, 7) is -0.221. The molecule has 12 heteroatoms. The number of aromatic nitrogens is 2. The molecule has 186 valence electrons. The molecule has 0 fully saturated rings. The monoisotopic (exact) mass is 519 g/mol. The number of carbonyl (C=O) groups is 2. The third kappa shape index (κ3) is 5.04. The number of aliphatic hydroxyl groups excluding tert-OH is 1. The van der Waals surface area contributed by atoms with Crippen LogP contribution in [0.2, 0.25) is 0 Å². The van der Waals surface area contributed by atoms with E-state index in [4.69, 9.17) is 5.11 Å². The van der Waals surface area contributed by atoms with Crippen molar-refractivity contribution in [1.82, 2.24) is 9.88 Å². The van der Waals surface area contributed by atoms with Gasteiger partial charge in [0.2, 0.25) is 5.03 Å². The minimum atomic E-state index is -4.59.